The van der Waals surface area contributed by atoms with Gasteiger partial charge in [0.1, 0.15) is 11.7 Å². The Labute approximate surface area is 191 Å². The average molecular weight is 512 g/mol. The Morgan fingerprint density at radius 1 is 1.35 bits per heavy atom. The van der Waals surface area contributed by atoms with Crippen molar-refractivity contribution in [3.63, 3.8) is 0 Å². The molecule has 0 aliphatic carbocycles. The van der Waals surface area contributed by atoms with Gasteiger partial charge < -0.3 is 14.7 Å². The first-order valence-electron chi connectivity index (χ1n) is 9.90. The normalized spacial score (nSPS) is 20.6. The molecule has 0 radical (unpaired) electrons. The van der Waals surface area contributed by atoms with Crippen molar-refractivity contribution >= 4 is 31.9 Å². The molecule has 0 fully saturated rings. The van der Waals surface area contributed by atoms with Crippen molar-refractivity contribution in [3.8, 4) is 5.88 Å². The van der Waals surface area contributed by atoms with Crippen LogP contribution in [-0.2, 0) is 10.0 Å². The van der Waals surface area contributed by atoms with Crippen LogP contribution in [0.5, 0.6) is 5.88 Å². The van der Waals surface area contributed by atoms with Gasteiger partial charge >= 0.3 is 0 Å². The first-order valence-corrected chi connectivity index (χ1v) is 12.1. The summed E-state index contributed by atoms with van der Waals surface area (Å²) < 4.78 is 33.9. The molecule has 1 amide bonds. The van der Waals surface area contributed by atoms with Crippen molar-refractivity contribution in [2.45, 2.75) is 30.9 Å². The Hall–Kier alpha value is -2.01. The number of fused-ring (bicyclic) bond motifs is 1. The van der Waals surface area contributed by atoms with Crippen molar-refractivity contribution in [3.05, 3.63) is 52.6 Å². The molecule has 0 saturated heterocycles. The quantitative estimate of drug-likeness (QED) is 0.638. The molecule has 168 valence electrons. The second-order valence-corrected chi connectivity index (χ2v) is 10.7. The maximum Gasteiger partial charge on any atom is 0.259 e. The molecule has 10 heteroatoms. The zero-order valence-corrected chi connectivity index (χ0v) is 20.0. The Kier molecular flexibility index (Phi) is 7.35. The average Bonchev–Trinajstić information content (AvgIpc) is 2.76. The third kappa shape index (κ3) is 5.08. The summed E-state index contributed by atoms with van der Waals surface area (Å²) in [5.74, 6) is -0.365. The first kappa shape index (κ1) is 23.6. The van der Waals surface area contributed by atoms with Crippen molar-refractivity contribution in [1.29, 1.82) is 0 Å². The van der Waals surface area contributed by atoms with Gasteiger partial charge in [0.15, 0.2) is 0 Å². The SMILES string of the molecule is C[C@@H]1CN([C@H](C)CO)C(=O)c2cc(Br)cnc2O[C@H]1CN(C)S(=O)(=O)c1ccccc1. The van der Waals surface area contributed by atoms with Gasteiger partial charge in [0.05, 0.1) is 24.1 Å². The molecule has 3 atom stereocenters. The van der Waals surface area contributed by atoms with Gasteiger partial charge in [-0.15, -0.1) is 0 Å². The second-order valence-electron chi connectivity index (χ2n) is 7.73. The Bertz CT molecular complexity index is 1030. The summed E-state index contributed by atoms with van der Waals surface area (Å²) in [5, 5.41) is 9.66. The maximum atomic E-state index is 13.1. The van der Waals surface area contributed by atoms with Crippen LogP contribution in [0.2, 0.25) is 0 Å². The second kappa shape index (κ2) is 9.64. The van der Waals surface area contributed by atoms with Crippen LogP contribution in [0, 0.1) is 5.92 Å². The minimum atomic E-state index is -3.71. The number of halogens is 1. The number of rotatable bonds is 6. The molecule has 2 aromatic rings. The van der Waals surface area contributed by atoms with E-state index in [1.54, 1.807) is 48.2 Å². The van der Waals surface area contributed by atoms with Gasteiger partial charge in [-0.3, -0.25) is 4.79 Å². The third-order valence-corrected chi connectivity index (χ3v) is 7.65. The molecular formula is C21H26BrN3O5S. The fourth-order valence-corrected chi connectivity index (χ4v) is 4.95. The van der Waals surface area contributed by atoms with Crippen LogP contribution in [0.4, 0.5) is 0 Å². The van der Waals surface area contributed by atoms with E-state index in [0.717, 1.165) is 0 Å². The molecule has 0 unspecified atom stereocenters. The number of nitrogens with zero attached hydrogens (tertiary/aromatic N) is 3. The number of sulfonamides is 1. The number of ether oxygens (including phenoxy) is 1. The number of aliphatic hydroxyl groups excluding tert-OH is 1. The summed E-state index contributed by atoms with van der Waals surface area (Å²) in [6.45, 7) is 3.84. The van der Waals surface area contributed by atoms with E-state index in [1.165, 1.54) is 17.5 Å². The first-order chi connectivity index (χ1) is 14.6. The number of hydrogen-bond acceptors (Lipinski definition) is 6. The van der Waals surface area contributed by atoms with E-state index < -0.39 is 22.2 Å². The van der Waals surface area contributed by atoms with E-state index in [1.807, 2.05) is 6.92 Å². The van der Waals surface area contributed by atoms with E-state index in [-0.39, 0.29) is 41.3 Å². The molecule has 1 aromatic heterocycles. The minimum absolute atomic E-state index is 0.0745. The Morgan fingerprint density at radius 3 is 2.68 bits per heavy atom. The number of carbonyl (C=O) groups excluding carboxylic acids is 1. The van der Waals surface area contributed by atoms with Gasteiger partial charge in [-0.05, 0) is 41.1 Å². The smallest absolute Gasteiger partial charge is 0.259 e. The van der Waals surface area contributed by atoms with Crippen LogP contribution in [0.3, 0.4) is 0 Å². The lowest BCUT2D eigenvalue weighted by molar-refractivity contribution is 0.0373. The lowest BCUT2D eigenvalue weighted by Gasteiger charge is -2.37. The number of carbonyl (C=O) groups is 1. The van der Waals surface area contributed by atoms with Gasteiger partial charge in [-0.2, -0.15) is 4.31 Å². The molecule has 1 aliphatic heterocycles. The molecule has 1 aliphatic rings. The predicted molar refractivity (Wildman–Crippen MR) is 119 cm³/mol. The van der Waals surface area contributed by atoms with E-state index >= 15 is 0 Å². The number of benzene rings is 1. The molecular weight excluding hydrogens is 486 g/mol. The Morgan fingerprint density at radius 2 is 2.03 bits per heavy atom. The molecule has 0 bridgehead atoms. The van der Waals surface area contributed by atoms with E-state index in [4.69, 9.17) is 4.74 Å². The fourth-order valence-electron chi connectivity index (χ4n) is 3.42. The fraction of sp³-hybridized carbons (Fsp3) is 0.429. The van der Waals surface area contributed by atoms with Gasteiger partial charge in [0.2, 0.25) is 15.9 Å². The number of hydrogen-bond donors (Lipinski definition) is 1. The van der Waals surface area contributed by atoms with Gasteiger partial charge in [0, 0.05) is 30.2 Å². The van der Waals surface area contributed by atoms with Crippen LogP contribution >= 0.6 is 15.9 Å². The van der Waals surface area contributed by atoms with Crippen LogP contribution in [0.25, 0.3) is 0 Å². The highest BCUT2D eigenvalue weighted by atomic mass is 79.9. The van der Waals surface area contributed by atoms with E-state index in [9.17, 15) is 18.3 Å². The van der Waals surface area contributed by atoms with Gasteiger partial charge in [-0.1, -0.05) is 25.1 Å². The topological polar surface area (TPSA) is 100 Å². The number of aliphatic hydroxyl groups is 1. The molecule has 2 heterocycles. The summed E-state index contributed by atoms with van der Waals surface area (Å²) in [7, 11) is -2.20. The van der Waals surface area contributed by atoms with Crippen LogP contribution in [-0.4, -0.2) is 72.5 Å². The number of aromatic nitrogens is 1. The summed E-state index contributed by atoms with van der Waals surface area (Å²) >= 11 is 3.33. The minimum Gasteiger partial charge on any atom is -0.472 e. The highest BCUT2D eigenvalue weighted by Crippen LogP contribution is 2.29. The monoisotopic (exact) mass is 511 g/mol. The number of amides is 1. The highest BCUT2D eigenvalue weighted by molar-refractivity contribution is 9.10. The molecule has 1 N–H and O–H groups in total. The lowest BCUT2D eigenvalue weighted by atomic mass is 10.0. The van der Waals surface area contributed by atoms with Crippen molar-refractivity contribution < 1.29 is 23.1 Å². The van der Waals surface area contributed by atoms with E-state index in [2.05, 4.69) is 20.9 Å². The zero-order chi connectivity index (χ0) is 22.8. The van der Waals surface area contributed by atoms with Crippen molar-refractivity contribution in [2.75, 3.05) is 26.7 Å². The Balaban J connectivity index is 1.95. The van der Waals surface area contributed by atoms with Crippen LogP contribution in [0.15, 0.2) is 52.0 Å². The number of pyridine rings is 1. The van der Waals surface area contributed by atoms with Gasteiger partial charge in [0.25, 0.3) is 5.91 Å². The zero-order valence-electron chi connectivity index (χ0n) is 17.6. The summed E-state index contributed by atoms with van der Waals surface area (Å²) in [6.07, 6.45) is 0.970. The summed E-state index contributed by atoms with van der Waals surface area (Å²) in [6, 6.07) is 9.41. The van der Waals surface area contributed by atoms with E-state index in [0.29, 0.717) is 11.0 Å². The molecule has 1 aromatic carbocycles. The number of likely N-dealkylation sites (N-methyl/N-ethyl adjacent to an activating group) is 1. The molecule has 0 spiro atoms. The maximum absolute atomic E-state index is 13.1. The van der Waals surface area contributed by atoms with Crippen molar-refractivity contribution in [2.24, 2.45) is 5.92 Å². The standard InChI is InChI=1S/C21H26BrN3O5S/c1-14-11-25(15(2)13-26)21(27)18-9-16(22)10-23-20(18)30-19(14)12-24(3)31(28,29)17-7-5-4-6-8-17/h4-10,14-15,19,26H,11-13H2,1-3H3/t14-,15-,19+/m1/s1. The predicted octanol–water partition coefficient (Wildman–Crippen LogP) is 2.38. The summed E-state index contributed by atoms with van der Waals surface area (Å²) in [5.41, 5.74) is 0.264. The van der Waals surface area contributed by atoms with Crippen LogP contribution in [0.1, 0.15) is 24.2 Å². The highest BCUT2D eigenvalue weighted by Gasteiger charge is 2.35. The molecule has 3 rings (SSSR count). The lowest BCUT2D eigenvalue weighted by Crippen LogP contribution is -2.50. The summed E-state index contributed by atoms with van der Waals surface area (Å²) in [4.78, 5) is 19.2. The van der Waals surface area contributed by atoms with Gasteiger partial charge in [-0.25, -0.2) is 13.4 Å². The van der Waals surface area contributed by atoms with Crippen molar-refractivity contribution in [1.82, 2.24) is 14.2 Å². The largest absolute Gasteiger partial charge is 0.472 e. The van der Waals surface area contributed by atoms with Crippen LogP contribution < -0.4 is 4.74 Å². The third-order valence-electron chi connectivity index (χ3n) is 5.38. The molecule has 31 heavy (non-hydrogen) atoms. The molecule has 0 saturated carbocycles. The molecule has 8 nitrogen and oxygen atoms in total.